The van der Waals surface area contributed by atoms with Gasteiger partial charge in [0, 0.05) is 10.8 Å². The lowest BCUT2D eigenvalue weighted by Crippen LogP contribution is -2.45. The van der Waals surface area contributed by atoms with Crippen molar-refractivity contribution in [3.8, 4) is 5.88 Å². The van der Waals surface area contributed by atoms with E-state index in [2.05, 4.69) is 16.3 Å². The topological polar surface area (TPSA) is 61.0 Å². The highest BCUT2D eigenvalue weighted by atomic mass is 16.5. The first-order valence-corrected chi connectivity index (χ1v) is 7.82. The molecule has 1 aliphatic carbocycles. The zero-order chi connectivity index (χ0) is 14.7. The lowest BCUT2D eigenvalue weighted by Gasteiger charge is -2.27. The Morgan fingerprint density at radius 2 is 1.71 bits per heavy atom. The molecule has 4 heteroatoms. The van der Waals surface area contributed by atoms with Gasteiger partial charge in [0.05, 0.1) is 11.2 Å². The van der Waals surface area contributed by atoms with E-state index in [-0.39, 0.29) is 5.54 Å². The first-order chi connectivity index (χ1) is 10.2. The lowest BCUT2D eigenvalue weighted by atomic mass is 9.93. The number of nitrogens with two attached hydrogens (primary N) is 1. The smallest absolute Gasteiger partial charge is 0.241 e. The highest BCUT2D eigenvalue weighted by Crippen LogP contribution is 2.28. The molecule has 112 valence electrons. The van der Waals surface area contributed by atoms with Crippen molar-refractivity contribution in [1.29, 1.82) is 0 Å². The monoisotopic (exact) mass is 285 g/mol. The molecule has 3 rings (SSSR count). The molecule has 0 unspecified atom stereocenters. The van der Waals surface area contributed by atoms with Crippen LogP contribution in [0.5, 0.6) is 5.88 Å². The minimum absolute atomic E-state index is 0.218. The van der Waals surface area contributed by atoms with Crippen LogP contribution in [0.4, 0.5) is 0 Å². The van der Waals surface area contributed by atoms with Crippen molar-refractivity contribution >= 4 is 10.8 Å². The second-order valence-electron chi connectivity index (χ2n) is 6.20. The minimum Gasteiger partial charge on any atom is -0.474 e. The van der Waals surface area contributed by atoms with Gasteiger partial charge in [0.2, 0.25) is 5.88 Å². The number of fused-ring (bicyclic) bond motifs is 1. The Hall–Kier alpha value is -1.68. The average Bonchev–Trinajstić information content (AvgIpc) is 2.72. The van der Waals surface area contributed by atoms with Crippen LogP contribution in [0.1, 0.15) is 44.2 Å². The van der Waals surface area contributed by atoms with Crippen LogP contribution in [0.3, 0.4) is 0 Å². The van der Waals surface area contributed by atoms with Crippen LogP contribution in [-0.4, -0.2) is 22.3 Å². The summed E-state index contributed by atoms with van der Waals surface area (Å²) in [4.78, 5) is 0. The van der Waals surface area contributed by atoms with Crippen LogP contribution in [0, 0.1) is 6.92 Å². The van der Waals surface area contributed by atoms with Crippen molar-refractivity contribution in [1.82, 2.24) is 10.2 Å². The number of aryl methyl sites for hydroxylation is 1. The van der Waals surface area contributed by atoms with E-state index in [1.165, 1.54) is 25.7 Å². The van der Waals surface area contributed by atoms with E-state index in [1.807, 2.05) is 25.1 Å². The first kappa shape index (κ1) is 14.3. The Bertz CT molecular complexity index is 618. The van der Waals surface area contributed by atoms with Crippen LogP contribution in [0.15, 0.2) is 24.3 Å². The van der Waals surface area contributed by atoms with Gasteiger partial charge in [-0.3, -0.25) is 0 Å². The number of nitrogens with zero attached hydrogens (tertiary/aromatic N) is 2. The van der Waals surface area contributed by atoms with Crippen molar-refractivity contribution in [3.63, 3.8) is 0 Å². The zero-order valence-corrected chi connectivity index (χ0v) is 12.6. The summed E-state index contributed by atoms with van der Waals surface area (Å²) in [6.45, 7) is 2.49. The fraction of sp³-hybridized carbons (Fsp3) is 0.529. The van der Waals surface area contributed by atoms with Gasteiger partial charge < -0.3 is 10.5 Å². The predicted molar refractivity (Wildman–Crippen MR) is 84.4 cm³/mol. The molecule has 0 atom stereocenters. The van der Waals surface area contributed by atoms with Crippen molar-refractivity contribution in [3.05, 3.63) is 30.0 Å². The number of benzene rings is 1. The van der Waals surface area contributed by atoms with Gasteiger partial charge in [0.1, 0.15) is 6.61 Å². The molecule has 0 saturated heterocycles. The molecule has 21 heavy (non-hydrogen) atoms. The van der Waals surface area contributed by atoms with Gasteiger partial charge in [-0.2, -0.15) is 5.10 Å². The Labute approximate surface area is 125 Å². The van der Waals surface area contributed by atoms with Crippen LogP contribution < -0.4 is 10.5 Å². The van der Waals surface area contributed by atoms with Crippen LogP contribution in [0.25, 0.3) is 10.8 Å². The molecule has 1 aliphatic rings. The second kappa shape index (κ2) is 5.98. The summed E-state index contributed by atoms with van der Waals surface area (Å²) in [6, 6.07) is 8.09. The fourth-order valence-corrected chi connectivity index (χ4v) is 3.11. The highest BCUT2D eigenvalue weighted by Gasteiger charge is 2.27. The molecule has 0 radical (unpaired) electrons. The summed E-state index contributed by atoms with van der Waals surface area (Å²) in [5, 5.41) is 10.5. The maximum Gasteiger partial charge on any atom is 0.241 e. The Kier molecular flexibility index (Phi) is 4.06. The predicted octanol–water partition coefficient (Wildman–Crippen LogP) is 3.37. The Morgan fingerprint density at radius 3 is 2.43 bits per heavy atom. The van der Waals surface area contributed by atoms with Crippen LogP contribution in [0.2, 0.25) is 0 Å². The maximum atomic E-state index is 6.51. The summed E-state index contributed by atoms with van der Waals surface area (Å²) in [5.41, 5.74) is 7.22. The Balaban J connectivity index is 1.80. The number of hydrogen-bond donors (Lipinski definition) is 1. The summed E-state index contributed by atoms with van der Waals surface area (Å²) in [5.74, 6) is 0.602. The molecule has 1 saturated carbocycles. The third-order valence-corrected chi connectivity index (χ3v) is 4.43. The molecule has 1 aromatic carbocycles. The minimum atomic E-state index is -0.218. The number of aromatic nitrogens is 2. The molecule has 1 fully saturated rings. The molecule has 2 N–H and O–H groups in total. The van der Waals surface area contributed by atoms with E-state index < -0.39 is 0 Å². The molecule has 4 nitrogen and oxygen atoms in total. The molecule has 0 bridgehead atoms. The molecule has 1 aromatic heterocycles. The summed E-state index contributed by atoms with van der Waals surface area (Å²) < 4.78 is 5.97. The van der Waals surface area contributed by atoms with Crippen molar-refractivity contribution < 1.29 is 4.74 Å². The maximum absolute atomic E-state index is 6.51. The van der Waals surface area contributed by atoms with Gasteiger partial charge in [-0.1, -0.05) is 43.9 Å². The standard InChI is InChI=1S/C17H23N3O/c1-13-14-8-4-5-9-15(14)16(20-19-13)21-12-17(18)10-6-2-3-7-11-17/h4-5,8-9H,2-3,6-7,10-12,18H2,1H3. The molecule has 2 aromatic rings. The molecular weight excluding hydrogens is 262 g/mol. The largest absolute Gasteiger partial charge is 0.474 e. The van der Waals surface area contributed by atoms with E-state index in [0.29, 0.717) is 12.5 Å². The van der Waals surface area contributed by atoms with Gasteiger partial charge in [-0.05, 0) is 25.8 Å². The van der Waals surface area contributed by atoms with Crippen molar-refractivity contribution in [2.45, 2.75) is 51.0 Å². The van der Waals surface area contributed by atoms with Crippen molar-refractivity contribution in [2.75, 3.05) is 6.61 Å². The van der Waals surface area contributed by atoms with Crippen LogP contribution in [-0.2, 0) is 0 Å². The fourth-order valence-electron chi connectivity index (χ4n) is 3.11. The number of hydrogen-bond acceptors (Lipinski definition) is 4. The van der Waals surface area contributed by atoms with Gasteiger partial charge in [-0.25, -0.2) is 0 Å². The number of rotatable bonds is 3. The van der Waals surface area contributed by atoms with Crippen LogP contribution >= 0.6 is 0 Å². The van der Waals surface area contributed by atoms with Crippen molar-refractivity contribution in [2.24, 2.45) is 5.73 Å². The number of ether oxygens (including phenoxy) is 1. The molecule has 0 amide bonds. The first-order valence-electron chi connectivity index (χ1n) is 7.82. The summed E-state index contributed by atoms with van der Waals surface area (Å²) in [6.07, 6.45) is 7.02. The van der Waals surface area contributed by atoms with E-state index in [4.69, 9.17) is 10.5 Å². The normalized spacial score (nSPS) is 18.4. The third kappa shape index (κ3) is 3.16. The lowest BCUT2D eigenvalue weighted by molar-refractivity contribution is 0.194. The second-order valence-corrected chi connectivity index (χ2v) is 6.20. The third-order valence-electron chi connectivity index (χ3n) is 4.43. The summed E-state index contributed by atoms with van der Waals surface area (Å²) in [7, 11) is 0. The zero-order valence-electron chi connectivity index (χ0n) is 12.6. The molecule has 0 spiro atoms. The van der Waals surface area contributed by atoms with E-state index in [1.54, 1.807) is 0 Å². The molecule has 1 heterocycles. The van der Waals surface area contributed by atoms with Gasteiger partial charge in [-0.15, -0.1) is 5.10 Å². The van der Waals surface area contributed by atoms with Gasteiger partial charge in [0.25, 0.3) is 0 Å². The average molecular weight is 285 g/mol. The Morgan fingerprint density at radius 1 is 1.05 bits per heavy atom. The molecular formula is C17H23N3O. The molecule has 0 aliphatic heterocycles. The summed E-state index contributed by atoms with van der Waals surface area (Å²) >= 11 is 0. The van der Waals surface area contributed by atoms with E-state index in [0.717, 1.165) is 29.3 Å². The van der Waals surface area contributed by atoms with Gasteiger partial charge in [0.15, 0.2) is 0 Å². The van der Waals surface area contributed by atoms with E-state index >= 15 is 0 Å². The van der Waals surface area contributed by atoms with Gasteiger partial charge >= 0.3 is 0 Å². The quantitative estimate of drug-likeness (QED) is 0.878. The van der Waals surface area contributed by atoms with E-state index in [9.17, 15) is 0 Å². The highest BCUT2D eigenvalue weighted by molar-refractivity contribution is 5.88. The SMILES string of the molecule is Cc1nnc(OCC2(N)CCCCCC2)c2ccccc12.